The minimum Gasteiger partial charge on any atom is -0.379 e. The molecular weight excluding hydrogens is 193 g/mol. The van der Waals surface area contributed by atoms with Crippen molar-refractivity contribution in [1.29, 1.82) is 0 Å². The van der Waals surface area contributed by atoms with Crippen molar-refractivity contribution in [3.8, 4) is 0 Å². The molecule has 0 unspecified atom stereocenters. The maximum atomic E-state index is 13.1. The predicted molar refractivity (Wildman–Crippen MR) is 57.2 cm³/mol. The van der Waals surface area contributed by atoms with E-state index in [1.54, 1.807) is 12.1 Å². The molecule has 2 N–H and O–H groups in total. The van der Waals surface area contributed by atoms with E-state index in [9.17, 15) is 4.39 Å². The van der Waals surface area contributed by atoms with Crippen LogP contribution < -0.4 is 5.73 Å². The first-order chi connectivity index (χ1) is 7.27. The molecule has 0 radical (unpaired) electrons. The normalized spacial score (nSPS) is 18.5. The summed E-state index contributed by atoms with van der Waals surface area (Å²) in [4.78, 5) is 0. The standard InChI is InChI=1S/C12H16FNO/c13-11-4-1-3-10(7-11)12(5-2-6-14)8-15-9-12/h1,3-4,7H,2,5-6,8-9,14H2. The summed E-state index contributed by atoms with van der Waals surface area (Å²) in [6, 6.07) is 6.81. The summed E-state index contributed by atoms with van der Waals surface area (Å²) in [5.74, 6) is -0.175. The van der Waals surface area contributed by atoms with Crippen LogP contribution in [0.2, 0.25) is 0 Å². The fourth-order valence-corrected chi connectivity index (χ4v) is 2.06. The second kappa shape index (κ2) is 4.29. The average molecular weight is 209 g/mol. The molecule has 0 saturated carbocycles. The highest BCUT2D eigenvalue weighted by Crippen LogP contribution is 2.36. The Labute approximate surface area is 89.2 Å². The van der Waals surface area contributed by atoms with Gasteiger partial charge in [0, 0.05) is 5.41 Å². The number of hydrogen-bond acceptors (Lipinski definition) is 2. The Balaban J connectivity index is 2.18. The van der Waals surface area contributed by atoms with Gasteiger partial charge < -0.3 is 10.5 Å². The van der Waals surface area contributed by atoms with Crippen molar-refractivity contribution < 1.29 is 9.13 Å². The molecule has 0 aliphatic carbocycles. The Morgan fingerprint density at radius 3 is 2.73 bits per heavy atom. The van der Waals surface area contributed by atoms with E-state index in [0.717, 1.165) is 18.4 Å². The third-order valence-corrected chi connectivity index (χ3v) is 3.05. The lowest BCUT2D eigenvalue weighted by Gasteiger charge is -2.42. The van der Waals surface area contributed by atoms with Crippen LogP contribution in [-0.4, -0.2) is 19.8 Å². The number of hydrogen-bond donors (Lipinski definition) is 1. The Morgan fingerprint density at radius 1 is 1.40 bits per heavy atom. The molecule has 1 aromatic carbocycles. The lowest BCUT2D eigenvalue weighted by atomic mass is 9.75. The molecule has 2 rings (SSSR count). The highest BCUT2D eigenvalue weighted by Gasteiger charge is 2.39. The third-order valence-electron chi connectivity index (χ3n) is 3.05. The van der Waals surface area contributed by atoms with Crippen molar-refractivity contribution in [1.82, 2.24) is 0 Å². The van der Waals surface area contributed by atoms with Crippen molar-refractivity contribution in [2.24, 2.45) is 5.73 Å². The Bertz CT molecular complexity index is 336. The van der Waals surface area contributed by atoms with Crippen molar-refractivity contribution in [3.05, 3.63) is 35.6 Å². The molecule has 0 bridgehead atoms. The molecule has 2 nitrogen and oxygen atoms in total. The molecule has 1 fully saturated rings. The first-order valence-corrected chi connectivity index (χ1v) is 5.31. The van der Waals surface area contributed by atoms with Gasteiger partial charge in [0.05, 0.1) is 13.2 Å². The summed E-state index contributed by atoms with van der Waals surface area (Å²) >= 11 is 0. The molecule has 0 amide bonds. The molecule has 1 aliphatic heterocycles. The Kier molecular flexibility index (Phi) is 3.03. The van der Waals surface area contributed by atoms with Gasteiger partial charge in [-0.05, 0) is 37.1 Å². The fourth-order valence-electron chi connectivity index (χ4n) is 2.06. The van der Waals surface area contributed by atoms with E-state index in [2.05, 4.69) is 0 Å². The summed E-state index contributed by atoms with van der Waals surface area (Å²) in [6.45, 7) is 2.06. The van der Waals surface area contributed by atoms with Crippen LogP contribution in [-0.2, 0) is 10.2 Å². The Hall–Kier alpha value is -0.930. The smallest absolute Gasteiger partial charge is 0.123 e. The topological polar surface area (TPSA) is 35.2 Å². The summed E-state index contributed by atoms with van der Waals surface area (Å²) < 4.78 is 18.4. The van der Waals surface area contributed by atoms with Gasteiger partial charge in [-0.3, -0.25) is 0 Å². The van der Waals surface area contributed by atoms with E-state index in [4.69, 9.17) is 10.5 Å². The molecule has 0 spiro atoms. The van der Waals surface area contributed by atoms with Gasteiger partial charge in [-0.2, -0.15) is 0 Å². The van der Waals surface area contributed by atoms with Crippen LogP contribution in [0.15, 0.2) is 24.3 Å². The zero-order chi connectivity index (χ0) is 10.7. The molecule has 0 aromatic heterocycles. The monoisotopic (exact) mass is 209 g/mol. The van der Waals surface area contributed by atoms with Crippen LogP contribution >= 0.6 is 0 Å². The van der Waals surface area contributed by atoms with Gasteiger partial charge >= 0.3 is 0 Å². The number of rotatable bonds is 4. The summed E-state index contributed by atoms with van der Waals surface area (Å²) in [5.41, 5.74) is 6.57. The highest BCUT2D eigenvalue weighted by molar-refractivity contribution is 5.28. The largest absolute Gasteiger partial charge is 0.379 e. The third kappa shape index (κ3) is 2.03. The van der Waals surface area contributed by atoms with Crippen LogP contribution in [0.3, 0.4) is 0 Å². The van der Waals surface area contributed by atoms with Gasteiger partial charge in [0.2, 0.25) is 0 Å². The maximum absolute atomic E-state index is 13.1. The molecule has 15 heavy (non-hydrogen) atoms. The van der Waals surface area contributed by atoms with Crippen LogP contribution in [0.1, 0.15) is 18.4 Å². The van der Waals surface area contributed by atoms with E-state index < -0.39 is 0 Å². The Morgan fingerprint density at radius 2 is 2.20 bits per heavy atom. The SMILES string of the molecule is NCCCC1(c2cccc(F)c2)COC1. The fraction of sp³-hybridized carbons (Fsp3) is 0.500. The molecule has 3 heteroatoms. The van der Waals surface area contributed by atoms with Gasteiger partial charge in [-0.15, -0.1) is 0 Å². The van der Waals surface area contributed by atoms with E-state index in [1.165, 1.54) is 6.07 Å². The van der Waals surface area contributed by atoms with Gasteiger partial charge in [0.1, 0.15) is 5.82 Å². The zero-order valence-electron chi connectivity index (χ0n) is 8.71. The van der Waals surface area contributed by atoms with Gasteiger partial charge in [0.15, 0.2) is 0 Å². The first-order valence-electron chi connectivity index (χ1n) is 5.31. The highest BCUT2D eigenvalue weighted by atomic mass is 19.1. The first kappa shape index (κ1) is 10.6. The number of ether oxygens (including phenoxy) is 1. The van der Waals surface area contributed by atoms with Crippen LogP contribution in [0, 0.1) is 5.82 Å². The van der Waals surface area contributed by atoms with Gasteiger partial charge in [-0.1, -0.05) is 12.1 Å². The number of nitrogens with two attached hydrogens (primary N) is 1. The molecule has 0 atom stereocenters. The maximum Gasteiger partial charge on any atom is 0.123 e. The van der Waals surface area contributed by atoms with E-state index in [-0.39, 0.29) is 11.2 Å². The average Bonchev–Trinajstić information content (AvgIpc) is 2.16. The molecule has 1 aromatic rings. The second-order valence-corrected chi connectivity index (χ2v) is 4.18. The lowest BCUT2D eigenvalue weighted by molar-refractivity contribution is -0.0650. The van der Waals surface area contributed by atoms with Crippen LogP contribution in [0.5, 0.6) is 0 Å². The number of halogens is 1. The van der Waals surface area contributed by atoms with Crippen molar-refractivity contribution >= 4 is 0 Å². The quantitative estimate of drug-likeness (QED) is 0.821. The van der Waals surface area contributed by atoms with E-state index in [1.807, 2.05) is 6.07 Å². The minimum absolute atomic E-state index is 0.0153. The zero-order valence-corrected chi connectivity index (χ0v) is 8.71. The minimum atomic E-state index is -0.175. The number of benzene rings is 1. The van der Waals surface area contributed by atoms with Gasteiger partial charge in [-0.25, -0.2) is 4.39 Å². The van der Waals surface area contributed by atoms with Crippen molar-refractivity contribution in [2.45, 2.75) is 18.3 Å². The summed E-state index contributed by atoms with van der Waals surface area (Å²) in [5, 5.41) is 0. The second-order valence-electron chi connectivity index (χ2n) is 4.18. The van der Waals surface area contributed by atoms with Crippen LogP contribution in [0.25, 0.3) is 0 Å². The molecule has 1 heterocycles. The summed E-state index contributed by atoms with van der Waals surface area (Å²) in [6.07, 6.45) is 1.94. The lowest BCUT2D eigenvalue weighted by Crippen LogP contribution is -2.47. The van der Waals surface area contributed by atoms with Crippen molar-refractivity contribution in [3.63, 3.8) is 0 Å². The van der Waals surface area contributed by atoms with E-state index in [0.29, 0.717) is 19.8 Å². The molecule has 1 aliphatic rings. The van der Waals surface area contributed by atoms with Gasteiger partial charge in [0.25, 0.3) is 0 Å². The molecule has 1 saturated heterocycles. The van der Waals surface area contributed by atoms with E-state index >= 15 is 0 Å². The molecule has 82 valence electrons. The van der Waals surface area contributed by atoms with Crippen LogP contribution in [0.4, 0.5) is 4.39 Å². The predicted octanol–water partition coefficient (Wildman–Crippen LogP) is 1.83. The van der Waals surface area contributed by atoms with Crippen molar-refractivity contribution in [2.75, 3.05) is 19.8 Å². The molecular formula is C12H16FNO. The summed E-state index contributed by atoms with van der Waals surface area (Å²) in [7, 11) is 0.